The zero-order valence-corrected chi connectivity index (χ0v) is 19.7. The summed E-state index contributed by atoms with van der Waals surface area (Å²) < 4.78 is 4.77. The Morgan fingerprint density at radius 2 is 2.06 bits per heavy atom. The number of carboxylic acid groups (broad SMARTS) is 1. The van der Waals surface area contributed by atoms with E-state index in [4.69, 9.17) is 4.74 Å². The number of likely N-dealkylation sites (tertiary alicyclic amines) is 1. The van der Waals surface area contributed by atoms with E-state index < -0.39 is 17.5 Å². The van der Waals surface area contributed by atoms with Crippen molar-refractivity contribution in [1.29, 1.82) is 5.26 Å². The summed E-state index contributed by atoms with van der Waals surface area (Å²) in [6.07, 6.45) is 0.774. The molecule has 2 aromatic heterocycles. The van der Waals surface area contributed by atoms with Crippen LogP contribution in [0.4, 0.5) is 10.7 Å². The highest BCUT2D eigenvalue weighted by atomic mass is 16.5. The highest BCUT2D eigenvalue weighted by molar-refractivity contribution is 5.76. The summed E-state index contributed by atoms with van der Waals surface area (Å²) in [5.41, 5.74) is 3.01. The minimum Gasteiger partial charge on any atom is -0.481 e. The van der Waals surface area contributed by atoms with Crippen molar-refractivity contribution in [3.8, 4) is 6.07 Å². The predicted molar refractivity (Wildman–Crippen MR) is 129 cm³/mol. The molecule has 3 N–H and O–H groups in total. The molecule has 10 heteroatoms. The van der Waals surface area contributed by atoms with E-state index in [9.17, 15) is 20.0 Å². The average Bonchev–Trinajstić information content (AvgIpc) is 3.25. The van der Waals surface area contributed by atoms with Crippen LogP contribution >= 0.6 is 0 Å². The molecule has 1 fully saturated rings. The molecule has 0 aliphatic carbocycles. The van der Waals surface area contributed by atoms with Gasteiger partial charge in [0.25, 0.3) is 0 Å². The van der Waals surface area contributed by atoms with Crippen LogP contribution in [0.5, 0.6) is 0 Å². The van der Waals surface area contributed by atoms with Crippen LogP contribution in [0.25, 0.3) is 11.2 Å². The fourth-order valence-electron chi connectivity index (χ4n) is 4.59. The number of nitrogens with zero attached hydrogens (tertiary/aromatic N) is 4. The van der Waals surface area contributed by atoms with Gasteiger partial charge in [-0.25, -0.2) is 9.78 Å². The van der Waals surface area contributed by atoms with E-state index in [-0.39, 0.29) is 12.5 Å². The predicted octanol–water partition coefficient (Wildman–Crippen LogP) is 3.81. The van der Waals surface area contributed by atoms with Crippen molar-refractivity contribution in [3.63, 3.8) is 0 Å². The number of hydrogen-bond donors (Lipinski definition) is 3. The summed E-state index contributed by atoms with van der Waals surface area (Å²) in [5.74, 6) is -0.356. The number of benzene rings is 1. The number of carbonyl (C=O) groups is 2. The Labute approximate surface area is 202 Å². The van der Waals surface area contributed by atoms with Gasteiger partial charge in [0.1, 0.15) is 0 Å². The number of aromatic nitrogens is 3. The van der Waals surface area contributed by atoms with Crippen molar-refractivity contribution in [2.75, 3.05) is 25.5 Å². The standard InChI is InChI=1S/C25H28N6O4/c1-16-6-7-20-21(27-16)30-23(29-20)28-19(8-11-26)18-5-3-4-17(14-18)15-25(22(32)33)9-12-31(13-10-25)24(34)35-2/h3-7,14,19H,8-10,12-13,15H2,1-2H3,(H,32,33)(H2,27,28,29,30)/t19-/m1/s1. The second-order valence-electron chi connectivity index (χ2n) is 8.93. The van der Waals surface area contributed by atoms with Crippen molar-refractivity contribution in [1.82, 2.24) is 19.9 Å². The lowest BCUT2D eigenvalue weighted by atomic mass is 9.73. The van der Waals surface area contributed by atoms with Gasteiger partial charge in [-0.05, 0) is 49.4 Å². The molecule has 182 valence electrons. The molecule has 3 heterocycles. The maximum Gasteiger partial charge on any atom is 0.409 e. The highest BCUT2D eigenvalue weighted by Gasteiger charge is 2.42. The van der Waals surface area contributed by atoms with Crippen molar-refractivity contribution >= 4 is 29.2 Å². The third-order valence-electron chi connectivity index (χ3n) is 6.59. The summed E-state index contributed by atoms with van der Waals surface area (Å²) >= 11 is 0. The van der Waals surface area contributed by atoms with E-state index in [1.165, 1.54) is 12.0 Å². The van der Waals surface area contributed by atoms with Gasteiger partial charge in [-0.1, -0.05) is 24.3 Å². The van der Waals surface area contributed by atoms with Gasteiger partial charge in [-0.15, -0.1) is 0 Å². The number of aryl methyl sites for hydroxylation is 1. The van der Waals surface area contributed by atoms with Crippen LogP contribution in [-0.2, 0) is 16.0 Å². The topological polar surface area (TPSA) is 144 Å². The molecule has 0 radical (unpaired) electrons. The van der Waals surface area contributed by atoms with Crippen LogP contribution in [0.1, 0.15) is 42.1 Å². The molecular weight excluding hydrogens is 448 g/mol. The number of aromatic amines is 1. The zero-order chi connectivity index (χ0) is 25.0. The smallest absolute Gasteiger partial charge is 0.409 e. The van der Waals surface area contributed by atoms with Gasteiger partial charge >= 0.3 is 12.1 Å². The number of methoxy groups -OCH3 is 1. The number of pyridine rings is 1. The fourth-order valence-corrected chi connectivity index (χ4v) is 4.59. The second-order valence-corrected chi connectivity index (χ2v) is 8.93. The quantitative estimate of drug-likeness (QED) is 0.467. The fraction of sp³-hybridized carbons (Fsp3) is 0.400. The van der Waals surface area contributed by atoms with Crippen molar-refractivity contribution in [3.05, 3.63) is 53.2 Å². The number of imidazole rings is 1. The Balaban J connectivity index is 1.54. The van der Waals surface area contributed by atoms with Gasteiger partial charge in [-0.3, -0.25) is 4.79 Å². The van der Waals surface area contributed by atoms with Gasteiger partial charge in [-0.2, -0.15) is 10.2 Å². The normalized spacial score (nSPS) is 15.9. The number of amides is 1. The van der Waals surface area contributed by atoms with Crippen LogP contribution in [0, 0.1) is 23.7 Å². The largest absolute Gasteiger partial charge is 0.481 e. The first kappa shape index (κ1) is 24.0. The lowest BCUT2D eigenvalue weighted by Crippen LogP contribution is -2.47. The average molecular weight is 477 g/mol. The van der Waals surface area contributed by atoms with Crippen LogP contribution in [0.15, 0.2) is 36.4 Å². The molecule has 10 nitrogen and oxygen atoms in total. The molecule has 1 saturated heterocycles. The number of nitrogens with one attached hydrogen (secondary N) is 2. The van der Waals surface area contributed by atoms with E-state index in [0.717, 1.165) is 22.3 Å². The molecule has 0 bridgehead atoms. The molecule has 1 aliphatic heterocycles. The number of nitriles is 1. The van der Waals surface area contributed by atoms with Crippen LogP contribution in [0.2, 0.25) is 0 Å². The number of carboxylic acids is 1. The molecule has 0 unspecified atom stereocenters. The molecule has 0 saturated carbocycles. The molecule has 1 atom stereocenters. The number of ether oxygens (including phenoxy) is 1. The first-order valence-electron chi connectivity index (χ1n) is 11.5. The van der Waals surface area contributed by atoms with Gasteiger partial charge in [0.2, 0.25) is 5.95 Å². The lowest BCUT2D eigenvalue weighted by molar-refractivity contribution is -0.151. The third kappa shape index (κ3) is 5.19. The van der Waals surface area contributed by atoms with E-state index in [1.54, 1.807) is 0 Å². The van der Waals surface area contributed by atoms with E-state index in [2.05, 4.69) is 26.3 Å². The number of rotatable bonds is 7. The SMILES string of the molecule is COC(=O)N1CCC(Cc2cccc([C@@H](CC#N)Nc3nc4nc(C)ccc4[nH]3)c2)(C(=O)O)CC1. The monoisotopic (exact) mass is 476 g/mol. The number of anilines is 1. The number of carbonyl (C=O) groups excluding carboxylic acids is 1. The summed E-state index contributed by atoms with van der Waals surface area (Å²) in [6.45, 7) is 2.56. The van der Waals surface area contributed by atoms with Crippen LogP contribution in [-0.4, -0.2) is 57.2 Å². The number of fused-ring (bicyclic) bond motifs is 1. The van der Waals surface area contributed by atoms with Crippen molar-refractivity contribution < 1.29 is 19.4 Å². The molecule has 35 heavy (non-hydrogen) atoms. The van der Waals surface area contributed by atoms with Gasteiger partial charge in [0, 0.05) is 18.8 Å². The Bertz CT molecular complexity index is 1270. The highest BCUT2D eigenvalue weighted by Crippen LogP contribution is 2.36. The van der Waals surface area contributed by atoms with E-state index in [0.29, 0.717) is 43.9 Å². The van der Waals surface area contributed by atoms with Crippen LogP contribution in [0.3, 0.4) is 0 Å². The molecule has 4 rings (SSSR count). The first-order valence-corrected chi connectivity index (χ1v) is 11.5. The Morgan fingerprint density at radius 1 is 1.29 bits per heavy atom. The number of piperidine rings is 1. The van der Waals surface area contributed by atoms with E-state index in [1.807, 2.05) is 43.3 Å². The maximum absolute atomic E-state index is 12.3. The molecule has 1 aromatic carbocycles. The molecule has 0 spiro atoms. The van der Waals surface area contributed by atoms with Gasteiger partial charge in [0.15, 0.2) is 5.65 Å². The summed E-state index contributed by atoms with van der Waals surface area (Å²) in [5, 5.41) is 22.8. The minimum absolute atomic E-state index is 0.200. The summed E-state index contributed by atoms with van der Waals surface area (Å²) in [4.78, 5) is 37.7. The summed E-state index contributed by atoms with van der Waals surface area (Å²) in [6, 6.07) is 13.3. The number of aliphatic carboxylic acids is 1. The first-order chi connectivity index (χ1) is 16.8. The number of hydrogen-bond acceptors (Lipinski definition) is 7. The summed E-state index contributed by atoms with van der Waals surface area (Å²) in [7, 11) is 1.32. The Hall–Kier alpha value is -4.13. The zero-order valence-electron chi connectivity index (χ0n) is 19.7. The second kappa shape index (κ2) is 10.0. The van der Waals surface area contributed by atoms with Gasteiger partial charge in [0.05, 0.1) is 36.6 Å². The Kier molecular flexibility index (Phi) is 6.87. The lowest BCUT2D eigenvalue weighted by Gasteiger charge is -2.38. The van der Waals surface area contributed by atoms with E-state index >= 15 is 0 Å². The van der Waals surface area contributed by atoms with Gasteiger partial charge < -0.3 is 25.0 Å². The Morgan fingerprint density at radius 3 is 2.74 bits per heavy atom. The molecule has 3 aromatic rings. The molecular formula is C25H28N6O4. The minimum atomic E-state index is -0.969. The molecule has 1 aliphatic rings. The van der Waals surface area contributed by atoms with Crippen molar-refractivity contribution in [2.45, 2.75) is 38.6 Å². The third-order valence-corrected chi connectivity index (χ3v) is 6.59. The van der Waals surface area contributed by atoms with Crippen molar-refractivity contribution in [2.24, 2.45) is 5.41 Å². The van der Waals surface area contributed by atoms with Crippen LogP contribution < -0.4 is 5.32 Å². The number of H-pyrrole nitrogens is 1. The molecule has 1 amide bonds. The maximum atomic E-state index is 12.3.